The van der Waals surface area contributed by atoms with E-state index < -0.39 is 0 Å². The summed E-state index contributed by atoms with van der Waals surface area (Å²) < 4.78 is 0. The molecule has 0 aliphatic rings. The van der Waals surface area contributed by atoms with Gasteiger partial charge in [0.15, 0.2) is 0 Å². The number of pyridine rings is 1. The molecule has 25 heavy (non-hydrogen) atoms. The fraction of sp³-hybridized carbons (Fsp3) is 0.100. The second-order valence-corrected chi connectivity index (χ2v) is 6.15. The molecular weight excluding hydrogens is 334 g/mol. The Balaban J connectivity index is 1.68. The molecule has 0 bridgehead atoms. The Kier molecular flexibility index (Phi) is 5.31. The van der Waals surface area contributed by atoms with Crippen molar-refractivity contribution < 1.29 is 4.79 Å². The van der Waals surface area contributed by atoms with Crippen LogP contribution in [0.3, 0.4) is 0 Å². The number of amides is 1. The highest BCUT2D eigenvalue weighted by Gasteiger charge is 2.09. The smallest absolute Gasteiger partial charge is 0.257 e. The second-order valence-electron chi connectivity index (χ2n) is 5.74. The van der Waals surface area contributed by atoms with Crippen molar-refractivity contribution in [3.63, 3.8) is 0 Å². The van der Waals surface area contributed by atoms with Crippen molar-refractivity contribution in [2.75, 3.05) is 10.6 Å². The van der Waals surface area contributed by atoms with E-state index in [9.17, 15) is 4.79 Å². The van der Waals surface area contributed by atoms with E-state index in [1.165, 1.54) is 17.3 Å². The zero-order valence-electron chi connectivity index (χ0n) is 13.8. The van der Waals surface area contributed by atoms with Crippen LogP contribution in [0, 0.1) is 6.92 Å². The molecule has 4 nitrogen and oxygen atoms in total. The maximum atomic E-state index is 12.4. The number of rotatable bonds is 5. The van der Waals surface area contributed by atoms with Crippen molar-refractivity contribution in [1.29, 1.82) is 0 Å². The topological polar surface area (TPSA) is 54.0 Å². The average molecular weight is 352 g/mol. The van der Waals surface area contributed by atoms with E-state index in [0.29, 0.717) is 22.8 Å². The number of para-hydroxylation sites is 1. The minimum Gasteiger partial charge on any atom is -0.380 e. The first-order chi connectivity index (χ1) is 12.1. The molecule has 0 spiro atoms. The molecule has 1 heterocycles. The van der Waals surface area contributed by atoms with Gasteiger partial charge in [-0.05, 0) is 30.7 Å². The van der Waals surface area contributed by atoms with Crippen molar-refractivity contribution in [3.05, 3.63) is 88.7 Å². The molecule has 1 amide bonds. The van der Waals surface area contributed by atoms with E-state index in [1.54, 1.807) is 24.4 Å². The fourth-order valence-electron chi connectivity index (χ4n) is 2.44. The molecule has 0 fully saturated rings. The molecule has 126 valence electrons. The predicted molar refractivity (Wildman–Crippen MR) is 102 cm³/mol. The van der Waals surface area contributed by atoms with Crippen molar-refractivity contribution in [2.24, 2.45) is 0 Å². The maximum absolute atomic E-state index is 12.4. The van der Waals surface area contributed by atoms with Crippen LogP contribution in [0.15, 0.2) is 67.0 Å². The van der Waals surface area contributed by atoms with Gasteiger partial charge in [-0.2, -0.15) is 0 Å². The lowest BCUT2D eigenvalue weighted by molar-refractivity contribution is 0.102. The van der Waals surface area contributed by atoms with Crippen molar-refractivity contribution in [2.45, 2.75) is 13.5 Å². The first-order valence-corrected chi connectivity index (χ1v) is 8.30. The highest BCUT2D eigenvalue weighted by atomic mass is 35.5. The zero-order chi connectivity index (χ0) is 17.6. The van der Waals surface area contributed by atoms with Gasteiger partial charge in [-0.25, -0.2) is 0 Å². The molecule has 0 saturated carbocycles. The summed E-state index contributed by atoms with van der Waals surface area (Å²) >= 11 is 6.07. The standard InChI is InChI=1S/C20H18ClN3O/c1-14-5-4-6-15(9-14)11-23-17-10-16(12-22-13-17)20(25)24-19-8-3-2-7-18(19)21/h2-10,12-13,23H,11H2,1H3,(H,24,25). The number of nitrogens with zero attached hydrogens (tertiary/aromatic N) is 1. The molecule has 0 saturated heterocycles. The summed E-state index contributed by atoms with van der Waals surface area (Å²) in [7, 11) is 0. The lowest BCUT2D eigenvalue weighted by Gasteiger charge is -2.10. The molecule has 0 unspecified atom stereocenters. The van der Waals surface area contributed by atoms with Crippen LogP contribution in [0.5, 0.6) is 0 Å². The normalized spacial score (nSPS) is 10.3. The average Bonchev–Trinajstić information content (AvgIpc) is 2.62. The lowest BCUT2D eigenvalue weighted by Crippen LogP contribution is -2.13. The van der Waals surface area contributed by atoms with Gasteiger partial charge in [0.2, 0.25) is 0 Å². The number of anilines is 2. The van der Waals surface area contributed by atoms with Crippen LogP contribution in [0.25, 0.3) is 0 Å². The molecule has 5 heteroatoms. The number of carbonyl (C=O) groups is 1. The summed E-state index contributed by atoms with van der Waals surface area (Å²) in [5, 5.41) is 6.58. The van der Waals surface area contributed by atoms with E-state index in [0.717, 1.165) is 5.69 Å². The van der Waals surface area contributed by atoms with Gasteiger partial charge >= 0.3 is 0 Å². The van der Waals surface area contributed by atoms with Crippen LogP contribution in [-0.2, 0) is 6.54 Å². The Bertz CT molecular complexity index is 895. The van der Waals surface area contributed by atoms with Gasteiger partial charge in [0.25, 0.3) is 5.91 Å². The van der Waals surface area contributed by atoms with Gasteiger partial charge in [0.1, 0.15) is 0 Å². The number of nitrogens with one attached hydrogen (secondary N) is 2. The Morgan fingerprint density at radius 2 is 1.92 bits per heavy atom. The maximum Gasteiger partial charge on any atom is 0.257 e. The minimum atomic E-state index is -0.250. The summed E-state index contributed by atoms with van der Waals surface area (Å²) in [4.78, 5) is 16.5. The molecular formula is C20H18ClN3O. The number of benzene rings is 2. The third-order valence-electron chi connectivity index (χ3n) is 3.70. The van der Waals surface area contributed by atoms with Gasteiger partial charge in [0, 0.05) is 18.9 Å². The third kappa shape index (κ3) is 4.58. The van der Waals surface area contributed by atoms with Gasteiger partial charge in [-0.1, -0.05) is 53.6 Å². The monoisotopic (exact) mass is 351 g/mol. The molecule has 0 radical (unpaired) electrons. The van der Waals surface area contributed by atoms with Crippen molar-refractivity contribution in [1.82, 2.24) is 4.98 Å². The van der Waals surface area contributed by atoms with Crippen LogP contribution in [-0.4, -0.2) is 10.9 Å². The summed E-state index contributed by atoms with van der Waals surface area (Å²) in [6.07, 6.45) is 3.23. The molecule has 3 rings (SSSR count). The van der Waals surface area contributed by atoms with E-state index in [2.05, 4.69) is 40.7 Å². The van der Waals surface area contributed by atoms with Crippen LogP contribution in [0.2, 0.25) is 5.02 Å². The number of aryl methyl sites for hydroxylation is 1. The van der Waals surface area contributed by atoms with E-state index in [4.69, 9.17) is 11.6 Å². The Morgan fingerprint density at radius 1 is 1.08 bits per heavy atom. The summed E-state index contributed by atoms with van der Waals surface area (Å²) in [6.45, 7) is 2.73. The van der Waals surface area contributed by atoms with Crippen LogP contribution < -0.4 is 10.6 Å². The highest BCUT2D eigenvalue weighted by molar-refractivity contribution is 6.33. The predicted octanol–water partition coefficient (Wildman–Crippen LogP) is 4.91. The lowest BCUT2D eigenvalue weighted by atomic mass is 10.1. The SMILES string of the molecule is Cc1cccc(CNc2cncc(C(=O)Nc3ccccc3Cl)c2)c1. The highest BCUT2D eigenvalue weighted by Crippen LogP contribution is 2.21. The number of hydrogen-bond acceptors (Lipinski definition) is 3. The largest absolute Gasteiger partial charge is 0.380 e. The van der Waals surface area contributed by atoms with Crippen LogP contribution >= 0.6 is 11.6 Å². The first kappa shape index (κ1) is 17.0. The molecule has 0 atom stereocenters. The number of carbonyl (C=O) groups excluding carboxylic acids is 1. The van der Waals surface area contributed by atoms with Gasteiger partial charge in [-0.3, -0.25) is 9.78 Å². The Morgan fingerprint density at radius 3 is 2.72 bits per heavy atom. The number of hydrogen-bond donors (Lipinski definition) is 2. The zero-order valence-corrected chi connectivity index (χ0v) is 14.5. The van der Waals surface area contributed by atoms with E-state index >= 15 is 0 Å². The van der Waals surface area contributed by atoms with Crippen LogP contribution in [0.1, 0.15) is 21.5 Å². The number of aromatic nitrogens is 1. The second kappa shape index (κ2) is 7.81. The summed E-state index contributed by atoms with van der Waals surface area (Å²) in [6, 6.07) is 17.2. The Labute approximate surface area is 151 Å². The molecule has 3 aromatic rings. The Hall–Kier alpha value is -2.85. The minimum absolute atomic E-state index is 0.250. The van der Waals surface area contributed by atoms with E-state index in [-0.39, 0.29) is 5.91 Å². The molecule has 1 aromatic heterocycles. The molecule has 0 aliphatic heterocycles. The van der Waals surface area contributed by atoms with E-state index in [1.807, 2.05) is 18.2 Å². The fourth-order valence-corrected chi connectivity index (χ4v) is 2.63. The van der Waals surface area contributed by atoms with Crippen molar-refractivity contribution in [3.8, 4) is 0 Å². The van der Waals surface area contributed by atoms with Crippen LogP contribution in [0.4, 0.5) is 11.4 Å². The molecule has 2 N–H and O–H groups in total. The quantitative estimate of drug-likeness (QED) is 0.686. The molecule has 0 aliphatic carbocycles. The van der Waals surface area contributed by atoms with Gasteiger partial charge in [-0.15, -0.1) is 0 Å². The van der Waals surface area contributed by atoms with Gasteiger partial charge < -0.3 is 10.6 Å². The summed E-state index contributed by atoms with van der Waals surface area (Å²) in [5.41, 5.74) is 4.21. The molecule has 2 aromatic carbocycles. The van der Waals surface area contributed by atoms with Crippen molar-refractivity contribution >= 4 is 28.9 Å². The number of halogens is 1. The van der Waals surface area contributed by atoms with Gasteiger partial charge in [0.05, 0.1) is 22.0 Å². The first-order valence-electron chi connectivity index (χ1n) is 7.92. The summed E-state index contributed by atoms with van der Waals surface area (Å²) in [5.74, 6) is -0.250. The third-order valence-corrected chi connectivity index (χ3v) is 4.03.